The SMILES string of the molecule is Cc1ccc(Nc2ccc(-c3ccccc3C(F)(F)F)nc2)c(C(=O)N=O)c1. The Morgan fingerprint density at radius 2 is 1.82 bits per heavy atom. The van der Waals surface area contributed by atoms with Gasteiger partial charge >= 0.3 is 12.1 Å². The minimum atomic E-state index is -4.49. The van der Waals surface area contributed by atoms with Gasteiger partial charge in [0.1, 0.15) is 0 Å². The van der Waals surface area contributed by atoms with Gasteiger partial charge in [-0.05, 0) is 37.3 Å². The number of nitrogens with one attached hydrogen (secondary N) is 1. The van der Waals surface area contributed by atoms with Crippen LogP contribution in [-0.2, 0) is 6.18 Å². The Bertz CT molecular complexity index is 1030. The highest BCUT2D eigenvalue weighted by Gasteiger charge is 2.33. The summed E-state index contributed by atoms with van der Waals surface area (Å²) in [6.45, 7) is 1.76. The highest BCUT2D eigenvalue weighted by atomic mass is 19.4. The normalized spacial score (nSPS) is 11.1. The van der Waals surface area contributed by atoms with Gasteiger partial charge in [0, 0.05) is 10.7 Å². The molecule has 1 aromatic heterocycles. The summed E-state index contributed by atoms with van der Waals surface area (Å²) in [7, 11) is 0. The number of aryl methyl sites for hydroxylation is 1. The van der Waals surface area contributed by atoms with E-state index >= 15 is 0 Å². The van der Waals surface area contributed by atoms with Crippen molar-refractivity contribution in [3.63, 3.8) is 0 Å². The number of carbonyl (C=O) groups is 1. The third kappa shape index (κ3) is 4.06. The number of benzene rings is 2. The van der Waals surface area contributed by atoms with Crippen LogP contribution < -0.4 is 5.32 Å². The van der Waals surface area contributed by atoms with Gasteiger partial charge < -0.3 is 5.32 Å². The van der Waals surface area contributed by atoms with E-state index in [4.69, 9.17) is 0 Å². The van der Waals surface area contributed by atoms with Crippen molar-refractivity contribution in [1.82, 2.24) is 4.98 Å². The molecule has 0 atom stereocenters. The number of halogens is 3. The van der Waals surface area contributed by atoms with Crippen LogP contribution in [0.3, 0.4) is 0 Å². The van der Waals surface area contributed by atoms with E-state index in [-0.39, 0.29) is 16.8 Å². The molecule has 0 fully saturated rings. The van der Waals surface area contributed by atoms with E-state index in [2.05, 4.69) is 15.5 Å². The molecule has 0 aliphatic rings. The van der Waals surface area contributed by atoms with E-state index in [9.17, 15) is 22.9 Å². The lowest BCUT2D eigenvalue weighted by molar-refractivity contribution is -0.137. The predicted octanol–water partition coefficient (Wildman–Crippen LogP) is 5.73. The van der Waals surface area contributed by atoms with Crippen LogP contribution >= 0.6 is 0 Å². The monoisotopic (exact) mass is 385 g/mol. The molecule has 3 aromatic rings. The maximum atomic E-state index is 13.2. The van der Waals surface area contributed by atoms with Crippen LogP contribution in [0.25, 0.3) is 11.3 Å². The summed E-state index contributed by atoms with van der Waals surface area (Å²) >= 11 is 0. The highest BCUT2D eigenvalue weighted by Crippen LogP contribution is 2.36. The Balaban J connectivity index is 1.92. The number of rotatable bonds is 4. The molecular formula is C20H14F3N3O2. The molecule has 0 bridgehead atoms. The Morgan fingerprint density at radius 3 is 2.46 bits per heavy atom. The van der Waals surface area contributed by atoms with Crippen molar-refractivity contribution in [1.29, 1.82) is 0 Å². The summed E-state index contributed by atoms with van der Waals surface area (Å²) in [6.07, 6.45) is -3.14. The summed E-state index contributed by atoms with van der Waals surface area (Å²) in [6, 6.07) is 13.0. The molecule has 0 saturated carbocycles. The number of hydrogen-bond donors (Lipinski definition) is 1. The molecule has 0 unspecified atom stereocenters. The van der Waals surface area contributed by atoms with Crippen LogP contribution in [-0.4, -0.2) is 10.9 Å². The van der Waals surface area contributed by atoms with Gasteiger partial charge in [0.15, 0.2) is 0 Å². The van der Waals surface area contributed by atoms with E-state index in [0.717, 1.165) is 11.6 Å². The lowest BCUT2D eigenvalue weighted by Crippen LogP contribution is -2.07. The number of alkyl halides is 3. The van der Waals surface area contributed by atoms with E-state index < -0.39 is 17.6 Å². The number of anilines is 2. The summed E-state index contributed by atoms with van der Waals surface area (Å²) < 4.78 is 39.5. The average molecular weight is 385 g/mol. The molecule has 1 amide bonds. The molecule has 0 spiro atoms. The molecule has 0 aliphatic carbocycles. The number of hydrogen-bond acceptors (Lipinski definition) is 4. The van der Waals surface area contributed by atoms with Crippen molar-refractivity contribution in [2.24, 2.45) is 5.18 Å². The molecule has 1 heterocycles. The summed E-state index contributed by atoms with van der Waals surface area (Å²) in [5, 5.41) is 5.37. The quantitative estimate of drug-likeness (QED) is 0.583. The second-order valence-corrected chi connectivity index (χ2v) is 6.05. The van der Waals surface area contributed by atoms with Crippen molar-refractivity contribution >= 4 is 17.3 Å². The van der Waals surface area contributed by atoms with Gasteiger partial charge in [0.2, 0.25) is 0 Å². The van der Waals surface area contributed by atoms with Crippen molar-refractivity contribution in [3.8, 4) is 11.3 Å². The number of nitroso groups, excluding NO2 is 1. The maximum absolute atomic E-state index is 13.2. The first kappa shape index (κ1) is 19.2. The van der Waals surface area contributed by atoms with Crippen LogP contribution in [0.15, 0.2) is 66.0 Å². The molecule has 1 N–H and O–H groups in total. The third-order valence-electron chi connectivity index (χ3n) is 4.04. The van der Waals surface area contributed by atoms with Gasteiger partial charge in [-0.2, -0.15) is 13.2 Å². The highest BCUT2D eigenvalue weighted by molar-refractivity contribution is 6.01. The average Bonchev–Trinajstić information content (AvgIpc) is 2.68. The Kier molecular flexibility index (Phi) is 5.21. The third-order valence-corrected chi connectivity index (χ3v) is 4.04. The fraction of sp³-hybridized carbons (Fsp3) is 0.100. The van der Waals surface area contributed by atoms with Gasteiger partial charge in [-0.1, -0.05) is 29.8 Å². The first-order valence-electron chi connectivity index (χ1n) is 8.17. The first-order chi connectivity index (χ1) is 13.3. The zero-order valence-corrected chi connectivity index (χ0v) is 14.6. The lowest BCUT2D eigenvalue weighted by atomic mass is 10.0. The molecule has 5 nitrogen and oxygen atoms in total. The van der Waals surface area contributed by atoms with Crippen molar-refractivity contribution in [2.45, 2.75) is 13.1 Å². The van der Waals surface area contributed by atoms with Gasteiger partial charge in [-0.15, -0.1) is 4.91 Å². The second kappa shape index (κ2) is 7.59. The zero-order chi connectivity index (χ0) is 20.3. The van der Waals surface area contributed by atoms with E-state index in [1.54, 1.807) is 19.1 Å². The maximum Gasteiger partial charge on any atom is 0.417 e. The van der Waals surface area contributed by atoms with Gasteiger partial charge in [0.05, 0.1) is 34.4 Å². The first-order valence-corrected chi connectivity index (χ1v) is 8.17. The summed E-state index contributed by atoms with van der Waals surface area (Å²) in [5.41, 5.74) is 1.02. The molecule has 3 rings (SSSR count). The van der Waals surface area contributed by atoms with Crippen LogP contribution in [0.4, 0.5) is 24.5 Å². The topological polar surface area (TPSA) is 71.4 Å². The second-order valence-electron chi connectivity index (χ2n) is 6.05. The number of aromatic nitrogens is 1. The largest absolute Gasteiger partial charge is 0.417 e. The summed E-state index contributed by atoms with van der Waals surface area (Å²) in [5.74, 6) is -0.921. The van der Waals surface area contributed by atoms with Crippen LogP contribution in [0.5, 0.6) is 0 Å². The van der Waals surface area contributed by atoms with Crippen molar-refractivity contribution in [3.05, 3.63) is 82.4 Å². The van der Waals surface area contributed by atoms with Gasteiger partial charge in [-0.25, -0.2) is 0 Å². The Labute approximate surface area is 158 Å². The predicted molar refractivity (Wildman–Crippen MR) is 99.3 cm³/mol. The minimum absolute atomic E-state index is 0.0297. The Hall–Kier alpha value is -3.55. The van der Waals surface area contributed by atoms with Crippen LogP contribution in [0.2, 0.25) is 0 Å². The molecule has 0 radical (unpaired) electrons. The van der Waals surface area contributed by atoms with Crippen LogP contribution in [0, 0.1) is 11.8 Å². The lowest BCUT2D eigenvalue weighted by Gasteiger charge is -2.13. The van der Waals surface area contributed by atoms with Crippen molar-refractivity contribution in [2.75, 3.05) is 5.32 Å². The summed E-state index contributed by atoms with van der Waals surface area (Å²) in [4.78, 5) is 26.4. The van der Waals surface area contributed by atoms with Gasteiger partial charge in [-0.3, -0.25) is 9.78 Å². The molecule has 8 heteroatoms. The molecule has 28 heavy (non-hydrogen) atoms. The fourth-order valence-corrected chi connectivity index (χ4v) is 2.73. The minimum Gasteiger partial charge on any atom is -0.354 e. The Morgan fingerprint density at radius 1 is 1.07 bits per heavy atom. The van der Waals surface area contributed by atoms with E-state index in [1.807, 2.05) is 0 Å². The molecule has 2 aromatic carbocycles. The number of pyridine rings is 1. The van der Waals surface area contributed by atoms with Crippen molar-refractivity contribution < 1.29 is 18.0 Å². The smallest absolute Gasteiger partial charge is 0.354 e. The molecule has 0 aliphatic heterocycles. The van der Waals surface area contributed by atoms with Gasteiger partial charge in [0.25, 0.3) is 0 Å². The fourth-order valence-electron chi connectivity index (χ4n) is 2.73. The molecule has 0 saturated heterocycles. The number of nitrogens with zero attached hydrogens (tertiary/aromatic N) is 2. The number of amides is 1. The standard InChI is InChI=1S/C20H14F3N3O2/c1-12-6-8-18(15(10-12)19(27)26-28)25-13-7-9-17(24-11-13)14-4-2-3-5-16(14)20(21,22)23/h2-11,25H,1H3. The van der Waals surface area contributed by atoms with Crippen LogP contribution in [0.1, 0.15) is 21.5 Å². The molecular weight excluding hydrogens is 371 g/mol. The van der Waals surface area contributed by atoms with E-state index in [0.29, 0.717) is 11.4 Å². The number of carbonyl (C=O) groups excluding carboxylic acids is 1. The molecule has 142 valence electrons. The van der Waals surface area contributed by atoms with E-state index in [1.165, 1.54) is 42.6 Å². The zero-order valence-electron chi connectivity index (χ0n) is 14.6.